The molecule has 0 N–H and O–H groups in total. The van der Waals surface area contributed by atoms with Crippen LogP contribution >= 0.6 is 0 Å². The fraction of sp³-hybridized carbons (Fsp3) is 0.122. The molecular weight excluding hydrogens is 534 g/mol. The van der Waals surface area contributed by atoms with Crippen molar-refractivity contribution in [3.63, 3.8) is 0 Å². The van der Waals surface area contributed by atoms with Gasteiger partial charge in [0.2, 0.25) is 0 Å². The van der Waals surface area contributed by atoms with Crippen molar-refractivity contribution in [2.24, 2.45) is 7.05 Å². The Morgan fingerprint density at radius 2 is 0.977 bits per heavy atom. The first-order chi connectivity index (χ1) is 21.4. The molecule has 3 heteroatoms. The molecule has 0 radical (unpaired) electrons. The molecule has 0 atom stereocenters. The first-order valence-electron chi connectivity index (χ1n) is 15.3. The van der Waals surface area contributed by atoms with Crippen molar-refractivity contribution in [3.05, 3.63) is 145 Å². The quantitative estimate of drug-likeness (QED) is 0.205. The number of anilines is 3. The van der Waals surface area contributed by atoms with E-state index in [9.17, 15) is 0 Å². The van der Waals surface area contributed by atoms with E-state index in [1.165, 1.54) is 54.9 Å². The molecule has 3 nitrogen and oxygen atoms in total. The second-order valence-corrected chi connectivity index (χ2v) is 12.8. The van der Waals surface area contributed by atoms with Gasteiger partial charge in [0, 0.05) is 62.4 Å². The lowest BCUT2D eigenvalue weighted by molar-refractivity contribution is 0.591. The molecule has 6 aromatic carbocycles. The van der Waals surface area contributed by atoms with Crippen molar-refractivity contribution >= 4 is 60.7 Å². The van der Waals surface area contributed by atoms with Gasteiger partial charge in [0.25, 0.3) is 0 Å². The normalized spacial score (nSPS) is 12.1. The van der Waals surface area contributed by atoms with Gasteiger partial charge in [-0.3, -0.25) is 0 Å². The standard InChI is InChI=1S/C41H35N3/c1-41(2,3)28-19-22-37-34(25-28)36-27-31(20-23-38(36)42(37)4)43(29-13-7-5-8-14-29)32-21-24-40-35(26-32)33-17-11-12-18-39(33)44(40)30-15-9-6-10-16-30/h5-27H,1-4H3. The van der Waals surface area contributed by atoms with Gasteiger partial charge in [-0.05, 0) is 89.8 Å². The first kappa shape index (κ1) is 26.4. The molecule has 44 heavy (non-hydrogen) atoms. The highest BCUT2D eigenvalue weighted by atomic mass is 15.1. The number of aryl methyl sites for hydroxylation is 1. The average molecular weight is 570 g/mol. The van der Waals surface area contributed by atoms with E-state index in [4.69, 9.17) is 0 Å². The van der Waals surface area contributed by atoms with Crippen molar-refractivity contribution in [2.75, 3.05) is 4.90 Å². The lowest BCUT2D eigenvalue weighted by atomic mass is 9.86. The Morgan fingerprint density at radius 3 is 1.66 bits per heavy atom. The van der Waals surface area contributed by atoms with E-state index in [2.05, 4.69) is 181 Å². The van der Waals surface area contributed by atoms with E-state index in [0.29, 0.717) is 0 Å². The van der Waals surface area contributed by atoms with Crippen LogP contribution in [-0.2, 0) is 12.5 Å². The fourth-order valence-electron chi connectivity index (χ4n) is 6.79. The second-order valence-electron chi connectivity index (χ2n) is 12.8. The summed E-state index contributed by atoms with van der Waals surface area (Å²) in [5, 5.41) is 5.06. The van der Waals surface area contributed by atoms with Crippen molar-refractivity contribution in [3.8, 4) is 5.69 Å². The van der Waals surface area contributed by atoms with E-state index in [0.717, 1.165) is 17.1 Å². The zero-order chi connectivity index (χ0) is 30.0. The Bertz CT molecular complexity index is 2320. The van der Waals surface area contributed by atoms with Gasteiger partial charge in [0.15, 0.2) is 0 Å². The highest BCUT2D eigenvalue weighted by Crippen LogP contribution is 2.42. The van der Waals surface area contributed by atoms with Gasteiger partial charge in [0.1, 0.15) is 0 Å². The first-order valence-corrected chi connectivity index (χ1v) is 15.3. The SMILES string of the molecule is Cn1c2ccc(N(c3ccccc3)c3ccc4c(c3)c3ccccc3n4-c3ccccc3)cc2c2cc(C(C)(C)C)ccc21. The molecule has 0 aliphatic carbocycles. The maximum Gasteiger partial charge on any atom is 0.0542 e. The molecule has 8 rings (SSSR count). The van der Waals surface area contributed by atoms with Crippen LogP contribution in [0.25, 0.3) is 49.3 Å². The smallest absolute Gasteiger partial charge is 0.0542 e. The summed E-state index contributed by atoms with van der Waals surface area (Å²) in [5.74, 6) is 0. The monoisotopic (exact) mass is 569 g/mol. The Labute approximate surface area is 258 Å². The summed E-state index contributed by atoms with van der Waals surface area (Å²) in [4.78, 5) is 2.39. The number of benzene rings is 6. The topological polar surface area (TPSA) is 13.1 Å². The van der Waals surface area contributed by atoms with Crippen LogP contribution in [0, 0.1) is 0 Å². The van der Waals surface area contributed by atoms with Gasteiger partial charge in [-0.15, -0.1) is 0 Å². The minimum atomic E-state index is 0.0817. The molecular formula is C41H35N3. The molecule has 0 aliphatic heterocycles. The third kappa shape index (κ3) is 4.11. The van der Waals surface area contributed by atoms with Gasteiger partial charge in [0.05, 0.1) is 11.0 Å². The van der Waals surface area contributed by atoms with Crippen LogP contribution in [0.2, 0.25) is 0 Å². The number of nitrogens with zero attached hydrogens (tertiary/aromatic N) is 3. The maximum atomic E-state index is 2.39. The Hall–Kier alpha value is -5.28. The molecule has 2 aromatic heterocycles. The van der Waals surface area contributed by atoms with Crippen molar-refractivity contribution in [2.45, 2.75) is 26.2 Å². The van der Waals surface area contributed by atoms with Crippen LogP contribution in [0.4, 0.5) is 17.1 Å². The largest absolute Gasteiger partial charge is 0.344 e. The molecule has 0 saturated heterocycles. The zero-order valence-corrected chi connectivity index (χ0v) is 25.6. The average Bonchev–Trinajstić information content (AvgIpc) is 3.53. The zero-order valence-electron chi connectivity index (χ0n) is 25.6. The lowest BCUT2D eigenvalue weighted by Gasteiger charge is -2.26. The van der Waals surface area contributed by atoms with Crippen LogP contribution < -0.4 is 4.90 Å². The number of hydrogen-bond acceptors (Lipinski definition) is 1. The van der Waals surface area contributed by atoms with Gasteiger partial charge in [-0.25, -0.2) is 0 Å². The third-order valence-electron chi connectivity index (χ3n) is 9.06. The Morgan fingerprint density at radius 1 is 0.455 bits per heavy atom. The molecule has 8 aromatic rings. The molecule has 0 saturated carbocycles. The summed E-state index contributed by atoms with van der Waals surface area (Å²) in [6.07, 6.45) is 0. The molecule has 0 bridgehead atoms. The molecule has 2 heterocycles. The molecule has 0 fully saturated rings. The number of para-hydroxylation sites is 3. The van der Waals surface area contributed by atoms with Crippen LogP contribution in [0.3, 0.4) is 0 Å². The molecule has 0 unspecified atom stereocenters. The van der Waals surface area contributed by atoms with Gasteiger partial charge >= 0.3 is 0 Å². The highest BCUT2D eigenvalue weighted by molar-refractivity contribution is 6.12. The summed E-state index contributed by atoms with van der Waals surface area (Å²) in [5.41, 5.74) is 10.9. The van der Waals surface area contributed by atoms with Crippen LogP contribution in [0.15, 0.2) is 140 Å². The molecule has 0 aliphatic rings. The predicted molar refractivity (Wildman–Crippen MR) is 188 cm³/mol. The van der Waals surface area contributed by atoms with E-state index in [-0.39, 0.29) is 5.41 Å². The summed E-state index contributed by atoms with van der Waals surface area (Å²) in [7, 11) is 2.17. The number of aromatic nitrogens is 2. The molecule has 0 spiro atoms. The van der Waals surface area contributed by atoms with E-state index in [1.54, 1.807) is 0 Å². The van der Waals surface area contributed by atoms with Crippen LogP contribution in [0.1, 0.15) is 26.3 Å². The van der Waals surface area contributed by atoms with E-state index in [1.807, 2.05) is 0 Å². The van der Waals surface area contributed by atoms with Crippen molar-refractivity contribution in [1.29, 1.82) is 0 Å². The predicted octanol–water partition coefficient (Wildman–Crippen LogP) is 11.2. The number of hydrogen-bond donors (Lipinski definition) is 0. The number of fused-ring (bicyclic) bond motifs is 6. The fourth-order valence-corrected chi connectivity index (χ4v) is 6.79. The van der Waals surface area contributed by atoms with Gasteiger partial charge < -0.3 is 14.0 Å². The van der Waals surface area contributed by atoms with Crippen molar-refractivity contribution in [1.82, 2.24) is 9.13 Å². The minimum Gasteiger partial charge on any atom is -0.344 e. The third-order valence-corrected chi connectivity index (χ3v) is 9.06. The summed E-state index contributed by atoms with van der Waals surface area (Å²) in [6.45, 7) is 6.85. The summed E-state index contributed by atoms with van der Waals surface area (Å²) < 4.78 is 4.69. The summed E-state index contributed by atoms with van der Waals surface area (Å²) in [6, 6.07) is 50.8. The molecule has 0 amide bonds. The van der Waals surface area contributed by atoms with E-state index < -0.39 is 0 Å². The molecule has 214 valence electrons. The van der Waals surface area contributed by atoms with Crippen LogP contribution in [-0.4, -0.2) is 9.13 Å². The second kappa shape index (κ2) is 9.89. The Balaban J connectivity index is 1.37. The number of rotatable bonds is 4. The summed E-state index contributed by atoms with van der Waals surface area (Å²) >= 11 is 0. The van der Waals surface area contributed by atoms with Crippen LogP contribution in [0.5, 0.6) is 0 Å². The van der Waals surface area contributed by atoms with Gasteiger partial charge in [-0.2, -0.15) is 0 Å². The van der Waals surface area contributed by atoms with E-state index >= 15 is 0 Å². The maximum absolute atomic E-state index is 2.39. The lowest BCUT2D eigenvalue weighted by Crippen LogP contribution is -2.10. The minimum absolute atomic E-state index is 0.0817. The van der Waals surface area contributed by atoms with Gasteiger partial charge in [-0.1, -0.05) is 81.4 Å². The highest BCUT2D eigenvalue weighted by Gasteiger charge is 2.20. The Kier molecular flexibility index (Phi) is 5.92. The van der Waals surface area contributed by atoms with Crippen molar-refractivity contribution < 1.29 is 0 Å².